The molecule has 118 valence electrons. The number of oxime groups is 1. The van der Waals surface area contributed by atoms with E-state index in [2.05, 4.69) is 9.44 Å². The Bertz CT molecular complexity index is 823. The van der Waals surface area contributed by atoms with E-state index in [0.717, 1.165) is 0 Å². The van der Waals surface area contributed by atoms with Crippen LogP contribution in [0.15, 0.2) is 59.8 Å². The smallest absolute Gasteiger partial charge is 0.332 e. The van der Waals surface area contributed by atoms with E-state index in [0.29, 0.717) is 16.9 Å². The molecule has 0 N–H and O–H groups in total. The monoisotopic (exact) mass is 330 g/mol. The Morgan fingerprint density at radius 3 is 2.35 bits per heavy atom. The number of hydrogen-bond acceptors (Lipinski definition) is 6. The molecule has 2 aromatic rings. The molecule has 0 spiro atoms. The summed E-state index contributed by atoms with van der Waals surface area (Å²) in [6.45, 7) is 0. The number of hydrogen-bond donors (Lipinski definition) is 0. The van der Waals surface area contributed by atoms with Gasteiger partial charge in [-0.15, -0.1) is 0 Å². The van der Waals surface area contributed by atoms with E-state index in [4.69, 9.17) is 10.00 Å². The molecule has 0 amide bonds. The van der Waals surface area contributed by atoms with E-state index < -0.39 is 10.1 Å². The standard InChI is InChI=1S/C16H14N2O4S/c1-21-15-9-7-14(8-10-15)16(11-17)18-22-23(19,20)12-13-5-3-2-4-6-13/h2-10H,12H2,1H3/b18-16+. The summed E-state index contributed by atoms with van der Waals surface area (Å²) in [5, 5.41) is 12.6. The second-order valence-corrected chi connectivity index (χ2v) is 6.10. The zero-order chi connectivity index (χ0) is 16.7. The van der Waals surface area contributed by atoms with Crippen LogP contribution in [0, 0.1) is 11.3 Å². The lowest BCUT2D eigenvalue weighted by atomic mass is 10.1. The van der Waals surface area contributed by atoms with Crippen LogP contribution in [0.5, 0.6) is 5.75 Å². The molecule has 0 aliphatic heterocycles. The molecule has 7 heteroatoms. The SMILES string of the molecule is COc1ccc(/C(C#N)=N/OS(=O)(=O)Cc2ccccc2)cc1. The molecule has 0 aromatic heterocycles. The van der Waals surface area contributed by atoms with E-state index in [1.54, 1.807) is 54.6 Å². The molecule has 0 aliphatic rings. The summed E-state index contributed by atoms with van der Waals surface area (Å²) in [7, 11) is -2.40. The summed E-state index contributed by atoms with van der Waals surface area (Å²) in [4.78, 5) is 0. The maximum Gasteiger partial charge on any atom is 0.332 e. The summed E-state index contributed by atoms with van der Waals surface area (Å²) in [6.07, 6.45) is 0. The lowest BCUT2D eigenvalue weighted by molar-refractivity contribution is 0.339. The van der Waals surface area contributed by atoms with Crippen LogP contribution in [-0.4, -0.2) is 21.2 Å². The van der Waals surface area contributed by atoms with Crippen molar-refractivity contribution in [3.63, 3.8) is 0 Å². The summed E-state index contributed by atoms with van der Waals surface area (Å²) < 4.78 is 33.4. The third-order valence-electron chi connectivity index (χ3n) is 2.90. The number of nitrogens with zero attached hydrogens (tertiary/aromatic N) is 2. The maximum atomic E-state index is 11.9. The Labute approximate surface area is 134 Å². The number of methoxy groups -OCH3 is 1. The largest absolute Gasteiger partial charge is 0.497 e. The Kier molecular flexibility index (Phi) is 5.33. The minimum absolute atomic E-state index is 0.135. The van der Waals surface area contributed by atoms with Crippen LogP contribution < -0.4 is 4.74 Å². The van der Waals surface area contributed by atoms with Crippen LogP contribution in [0.2, 0.25) is 0 Å². The molecule has 0 fully saturated rings. The third kappa shape index (κ3) is 4.83. The highest BCUT2D eigenvalue weighted by atomic mass is 32.2. The second-order valence-electron chi connectivity index (χ2n) is 4.54. The van der Waals surface area contributed by atoms with Crippen LogP contribution >= 0.6 is 0 Å². The molecule has 0 aliphatic carbocycles. The Hall–Kier alpha value is -2.85. The average Bonchev–Trinajstić information content (AvgIpc) is 2.56. The van der Waals surface area contributed by atoms with Gasteiger partial charge in [0.05, 0.1) is 7.11 Å². The predicted molar refractivity (Wildman–Crippen MR) is 85.3 cm³/mol. The van der Waals surface area contributed by atoms with Crippen molar-refractivity contribution in [3.8, 4) is 11.8 Å². The molecule has 23 heavy (non-hydrogen) atoms. The molecule has 6 nitrogen and oxygen atoms in total. The maximum absolute atomic E-state index is 11.9. The molecule has 0 saturated heterocycles. The van der Waals surface area contributed by atoms with Gasteiger partial charge in [-0.25, -0.2) is 0 Å². The van der Waals surface area contributed by atoms with Gasteiger partial charge in [0.1, 0.15) is 17.6 Å². The van der Waals surface area contributed by atoms with Crippen molar-refractivity contribution in [3.05, 3.63) is 65.7 Å². The zero-order valence-corrected chi connectivity index (χ0v) is 13.2. The van der Waals surface area contributed by atoms with E-state index in [9.17, 15) is 8.42 Å². The first-order valence-electron chi connectivity index (χ1n) is 6.62. The van der Waals surface area contributed by atoms with Gasteiger partial charge in [-0.1, -0.05) is 35.5 Å². The Morgan fingerprint density at radius 2 is 1.78 bits per heavy atom. The number of ether oxygens (including phenoxy) is 1. The van der Waals surface area contributed by atoms with Gasteiger partial charge in [0.25, 0.3) is 0 Å². The van der Waals surface area contributed by atoms with Crippen LogP contribution in [0.4, 0.5) is 0 Å². The lowest BCUT2D eigenvalue weighted by Gasteiger charge is -2.03. The number of rotatable bonds is 6. The van der Waals surface area contributed by atoms with Gasteiger partial charge in [0, 0.05) is 5.56 Å². The zero-order valence-electron chi connectivity index (χ0n) is 12.3. The highest BCUT2D eigenvalue weighted by Crippen LogP contribution is 2.13. The quantitative estimate of drug-likeness (QED) is 0.599. The summed E-state index contributed by atoms with van der Waals surface area (Å²) in [5.41, 5.74) is 0.873. The molecular formula is C16H14N2O4S. The molecule has 0 saturated carbocycles. The van der Waals surface area contributed by atoms with Crippen molar-refractivity contribution in [1.82, 2.24) is 0 Å². The Balaban J connectivity index is 2.13. The number of nitriles is 1. The van der Waals surface area contributed by atoms with Gasteiger partial charge < -0.3 is 4.74 Å². The van der Waals surface area contributed by atoms with E-state index in [-0.39, 0.29) is 11.5 Å². The summed E-state index contributed by atoms with van der Waals surface area (Å²) >= 11 is 0. The second kappa shape index (κ2) is 7.42. The van der Waals surface area contributed by atoms with E-state index >= 15 is 0 Å². The van der Waals surface area contributed by atoms with Gasteiger partial charge in [0.2, 0.25) is 0 Å². The van der Waals surface area contributed by atoms with E-state index in [1.807, 2.05) is 6.07 Å². The van der Waals surface area contributed by atoms with E-state index in [1.165, 1.54) is 7.11 Å². The molecule has 0 radical (unpaired) electrons. The van der Waals surface area contributed by atoms with Crippen LogP contribution in [0.25, 0.3) is 0 Å². The number of benzene rings is 2. The molecule has 0 bridgehead atoms. The minimum atomic E-state index is -3.92. The topological polar surface area (TPSA) is 88.8 Å². The van der Waals surface area contributed by atoms with Gasteiger partial charge >= 0.3 is 10.1 Å². The normalized spacial score (nSPS) is 11.6. The molecule has 0 atom stereocenters. The first-order valence-corrected chi connectivity index (χ1v) is 8.19. The molecule has 0 unspecified atom stereocenters. The average molecular weight is 330 g/mol. The minimum Gasteiger partial charge on any atom is -0.497 e. The first-order chi connectivity index (χ1) is 11.0. The van der Waals surface area contributed by atoms with Crippen molar-refractivity contribution < 1.29 is 17.4 Å². The predicted octanol–water partition coefficient (Wildman–Crippen LogP) is 2.47. The molecule has 2 aromatic carbocycles. The molecule has 0 heterocycles. The van der Waals surface area contributed by atoms with Crippen molar-refractivity contribution in [2.45, 2.75) is 5.75 Å². The van der Waals surface area contributed by atoms with Gasteiger partial charge in [-0.05, 0) is 29.8 Å². The van der Waals surface area contributed by atoms with Crippen molar-refractivity contribution in [1.29, 1.82) is 5.26 Å². The highest BCUT2D eigenvalue weighted by molar-refractivity contribution is 7.85. The van der Waals surface area contributed by atoms with Crippen LogP contribution in [-0.2, 0) is 20.2 Å². The molecule has 2 rings (SSSR count). The fraction of sp³-hybridized carbons (Fsp3) is 0.125. The Morgan fingerprint density at radius 1 is 1.13 bits per heavy atom. The van der Waals surface area contributed by atoms with Gasteiger partial charge in [-0.3, -0.25) is 4.28 Å². The van der Waals surface area contributed by atoms with Crippen LogP contribution in [0.1, 0.15) is 11.1 Å². The van der Waals surface area contributed by atoms with Gasteiger partial charge in [-0.2, -0.15) is 13.7 Å². The van der Waals surface area contributed by atoms with Crippen molar-refractivity contribution >= 4 is 15.8 Å². The summed E-state index contributed by atoms with van der Waals surface area (Å²) in [6, 6.07) is 16.8. The first kappa shape index (κ1) is 16.5. The van der Waals surface area contributed by atoms with Gasteiger partial charge in [0.15, 0.2) is 5.71 Å². The summed E-state index contributed by atoms with van der Waals surface area (Å²) in [5.74, 6) is 0.294. The highest BCUT2D eigenvalue weighted by Gasteiger charge is 2.14. The van der Waals surface area contributed by atoms with Crippen LogP contribution in [0.3, 0.4) is 0 Å². The molecular weight excluding hydrogens is 316 g/mol. The fourth-order valence-electron chi connectivity index (χ4n) is 1.79. The fourth-order valence-corrected chi connectivity index (χ4v) is 2.63. The van der Waals surface area contributed by atoms with Crippen molar-refractivity contribution in [2.24, 2.45) is 5.16 Å². The third-order valence-corrected chi connectivity index (χ3v) is 3.89. The van der Waals surface area contributed by atoms with Crippen molar-refractivity contribution in [2.75, 3.05) is 7.11 Å². The lowest BCUT2D eigenvalue weighted by Crippen LogP contribution is -2.08.